The maximum atomic E-state index is 11.5. The van der Waals surface area contributed by atoms with Gasteiger partial charge in [-0.05, 0) is 12.8 Å². The van der Waals surface area contributed by atoms with Gasteiger partial charge in [-0.3, -0.25) is 4.79 Å². The lowest BCUT2D eigenvalue weighted by atomic mass is 10.5. The number of hydrogen-bond donors (Lipinski definition) is 2. The zero-order chi connectivity index (χ0) is 12.4. The number of carboxylic acids is 1. The summed E-state index contributed by atoms with van der Waals surface area (Å²) in [5.74, 6) is -1.28. The van der Waals surface area contributed by atoms with Gasteiger partial charge in [-0.2, -0.15) is 4.98 Å². The molecule has 17 heavy (non-hydrogen) atoms. The van der Waals surface area contributed by atoms with Crippen LogP contribution in [0.2, 0.25) is 0 Å². The highest BCUT2D eigenvalue weighted by Gasteiger charge is 2.24. The Morgan fingerprint density at radius 2 is 2.35 bits per heavy atom. The first kappa shape index (κ1) is 11.4. The van der Waals surface area contributed by atoms with Crippen molar-refractivity contribution in [1.29, 1.82) is 0 Å². The Bertz CT molecular complexity index is 439. The third-order valence-corrected chi connectivity index (χ3v) is 2.36. The summed E-state index contributed by atoms with van der Waals surface area (Å²) in [4.78, 5) is 27.3. The van der Waals surface area contributed by atoms with E-state index in [0.717, 1.165) is 19.1 Å². The SMILES string of the molecule is CN(CC(=O)NC1CC1)c1nc(C(=O)O)co1. The summed E-state index contributed by atoms with van der Waals surface area (Å²) in [7, 11) is 1.62. The summed E-state index contributed by atoms with van der Waals surface area (Å²) in [6, 6.07) is 0.420. The van der Waals surface area contributed by atoms with Crippen LogP contribution in [0.15, 0.2) is 10.7 Å². The van der Waals surface area contributed by atoms with Gasteiger partial charge in [-0.1, -0.05) is 0 Å². The van der Waals surface area contributed by atoms with Gasteiger partial charge in [0, 0.05) is 13.1 Å². The van der Waals surface area contributed by atoms with Crippen molar-refractivity contribution in [3.63, 3.8) is 0 Å². The predicted molar refractivity (Wildman–Crippen MR) is 57.9 cm³/mol. The van der Waals surface area contributed by atoms with E-state index in [2.05, 4.69) is 10.3 Å². The molecule has 92 valence electrons. The fraction of sp³-hybridized carbons (Fsp3) is 0.500. The molecule has 0 unspecified atom stereocenters. The standard InChI is InChI=1S/C10H13N3O4/c1-13(4-8(14)11-6-2-3-6)10-12-7(5-17-10)9(15)16/h5-6H,2-4H2,1H3,(H,11,14)(H,15,16). The number of oxazole rings is 1. The molecule has 7 nitrogen and oxygen atoms in total. The lowest BCUT2D eigenvalue weighted by molar-refractivity contribution is -0.119. The number of anilines is 1. The number of likely N-dealkylation sites (N-methyl/N-ethyl adjacent to an activating group) is 1. The van der Waals surface area contributed by atoms with Gasteiger partial charge in [0.2, 0.25) is 5.91 Å². The lowest BCUT2D eigenvalue weighted by Crippen LogP contribution is -2.36. The Kier molecular flexibility index (Phi) is 2.99. The van der Waals surface area contributed by atoms with Crippen LogP contribution in [0.5, 0.6) is 0 Å². The Morgan fingerprint density at radius 1 is 1.65 bits per heavy atom. The smallest absolute Gasteiger partial charge is 0.357 e. The van der Waals surface area contributed by atoms with E-state index in [4.69, 9.17) is 9.52 Å². The normalized spacial score (nSPS) is 14.4. The second kappa shape index (κ2) is 4.44. The molecule has 0 aromatic carbocycles. The molecule has 1 fully saturated rings. The van der Waals surface area contributed by atoms with E-state index >= 15 is 0 Å². The number of carboxylic acid groups (broad SMARTS) is 1. The van der Waals surface area contributed by atoms with Gasteiger partial charge in [0.05, 0.1) is 0 Å². The van der Waals surface area contributed by atoms with Crippen molar-refractivity contribution in [2.24, 2.45) is 0 Å². The summed E-state index contributed by atoms with van der Waals surface area (Å²) < 4.78 is 4.96. The fourth-order valence-corrected chi connectivity index (χ4v) is 1.32. The molecule has 0 atom stereocenters. The topological polar surface area (TPSA) is 95.7 Å². The molecular formula is C10H13N3O4. The van der Waals surface area contributed by atoms with Crippen molar-refractivity contribution in [1.82, 2.24) is 10.3 Å². The Hall–Kier alpha value is -2.05. The summed E-state index contributed by atoms with van der Waals surface area (Å²) >= 11 is 0. The van der Waals surface area contributed by atoms with Gasteiger partial charge in [-0.25, -0.2) is 4.79 Å². The molecule has 2 rings (SSSR count). The van der Waals surface area contributed by atoms with Gasteiger partial charge < -0.3 is 19.7 Å². The number of carbonyl (C=O) groups excluding carboxylic acids is 1. The molecule has 1 heterocycles. The minimum atomic E-state index is -1.16. The third-order valence-electron chi connectivity index (χ3n) is 2.36. The largest absolute Gasteiger partial charge is 0.476 e. The second-order valence-corrected chi connectivity index (χ2v) is 4.02. The number of carbonyl (C=O) groups is 2. The summed E-state index contributed by atoms with van der Waals surface area (Å²) in [6.45, 7) is 0.0933. The van der Waals surface area contributed by atoms with Gasteiger partial charge in [-0.15, -0.1) is 0 Å². The Labute approximate surface area is 97.4 Å². The van der Waals surface area contributed by atoms with Crippen molar-refractivity contribution < 1.29 is 19.1 Å². The molecule has 7 heteroatoms. The molecule has 0 spiro atoms. The van der Waals surface area contributed by atoms with Crippen LogP contribution >= 0.6 is 0 Å². The Balaban J connectivity index is 1.90. The highest BCUT2D eigenvalue weighted by Crippen LogP contribution is 2.18. The number of nitrogens with zero attached hydrogens (tertiary/aromatic N) is 2. The van der Waals surface area contributed by atoms with Crippen LogP contribution in [0, 0.1) is 0 Å². The number of hydrogen-bond acceptors (Lipinski definition) is 5. The summed E-state index contributed by atoms with van der Waals surface area (Å²) in [5.41, 5.74) is -0.172. The van der Waals surface area contributed by atoms with E-state index in [1.54, 1.807) is 7.05 Å². The van der Waals surface area contributed by atoms with Crippen LogP contribution in [-0.4, -0.2) is 41.6 Å². The molecule has 0 bridgehead atoms. The molecule has 1 aliphatic carbocycles. The molecule has 1 aromatic rings. The first-order chi connectivity index (χ1) is 8.06. The molecule has 0 saturated heterocycles. The molecule has 2 N–H and O–H groups in total. The molecule has 0 radical (unpaired) electrons. The zero-order valence-electron chi connectivity index (χ0n) is 9.34. The van der Waals surface area contributed by atoms with E-state index in [9.17, 15) is 9.59 Å². The first-order valence-corrected chi connectivity index (χ1v) is 5.25. The van der Waals surface area contributed by atoms with Crippen molar-refractivity contribution >= 4 is 17.9 Å². The first-order valence-electron chi connectivity index (χ1n) is 5.25. The van der Waals surface area contributed by atoms with Crippen LogP contribution in [-0.2, 0) is 4.79 Å². The Morgan fingerprint density at radius 3 is 2.88 bits per heavy atom. The minimum absolute atomic E-state index is 0.0933. The number of aromatic nitrogens is 1. The van der Waals surface area contributed by atoms with E-state index in [0.29, 0.717) is 6.04 Å². The van der Waals surface area contributed by atoms with Crippen LogP contribution in [0.1, 0.15) is 23.3 Å². The minimum Gasteiger partial charge on any atom is -0.476 e. The zero-order valence-corrected chi connectivity index (χ0v) is 9.34. The van der Waals surface area contributed by atoms with Crippen LogP contribution in [0.3, 0.4) is 0 Å². The molecule has 1 aliphatic rings. The van der Waals surface area contributed by atoms with E-state index in [-0.39, 0.29) is 24.2 Å². The maximum Gasteiger partial charge on any atom is 0.357 e. The van der Waals surface area contributed by atoms with Gasteiger partial charge in [0.1, 0.15) is 12.8 Å². The predicted octanol–water partition coefficient (Wildman–Crippen LogP) is 0.0876. The average Bonchev–Trinajstić information content (AvgIpc) is 2.92. The molecule has 1 aromatic heterocycles. The van der Waals surface area contributed by atoms with E-state index in [1.807, 2.05) is 0 Å². The maximum absolute atomic E-state index is 11.5. The van der Waals surface area contributed by atoms with E-state index < -0.39 is 5.97 Å². The number of rotatable bonds is 5. The summed E-state index contributed by atoms with van der Waals surface area (Å²) in [5, 5.41) is 11.5. The number of amides is 1. The van der Waals surface area contributed by atoms with Gasteiger partial charge >= 0.3 is 5.97 Å². The molecular weight excluding hydrogens is 226 g/mol. The van der Waals surface area contributed by atoms with Gasteiger partial charge in [0.25, 0.3) is 6.01 Å². The van der Waals surface area contributed by atoms with Crippen LogP contribution in [0.4, 0.5) is 6.01 Å². The van der Waals surface area contributed by atoms with Crippen molar-refractivity contribution in [2.45, 2.75) is 18.9 Å². The highest BCUT2D eigenvalue weighted by atomic mass is 16.4. The van der Waals surface area contributed by atoms with Crippen molar-refractivity contribution in [3.8, 4) is 0 Å². The number of aromatic carboxylic acids is 1. The van der Waals surface area contributed by atoms with Crippen LogP contribution < -0.4 is 10.2 Å². The average molecular weight is 239 g/mol. The molecule has 1 saturated carbocycles. The number of nitrogens with one attached hydrogen (secondary N) is 1. The summed E-state index contributed by atoms with van der Waals surface area (Å²) in [6.07, 6.45) is 3.10. The monoisotopic (exact) mass is 239 g/mol. The highest BCUT2D eigenvalue weighted by molar-refractivity contribution is 5.85. The van der Waals surface area contributed by atoms with Crippen molar-refractivity contribution in [3.05, 3.63) is 12.0 Å². The lowest BCUT2D eigenvalue weighted by Gasteiger charge is -2.13. The molecule has 1 amide bonds. The van der Waals surface area contributed by atoms with Crippen molar-refractivity contribution in [2.75, 3.05) is 18.5 Å². The second-order valence-electron chi connectivity index (χ2n) is 4.02. The van der Waals surface area contributed by atoms with Gasteiger partial charge in [0.15, 0.2) is 5.69 Å². The third kappa shape index (κ3) is 2.96. The van der Waals surface area contributed by atoms with E-state index in [1.165, 1.54) is 4.90 Å². The quantitative estimate of drug-likeness (QED) is 0.755. The molecule has 0 aliphatic heterocycles. The van der Waals surface area contributed by atoms with Crippen LogP contribution in [0.25, 0.3) is 0 Å². The fourth-order valence-electron chi connectivity index (χ4n) is 1.32.